The van der Waals surface area contributed by atoms with E-state index in [1.165, 1.54) is 32.4 Å². The number of hydrogen-bond acceptors (Lipinski definition) is 3. The molecule has 0 aromatic carbocycles. The van der Waals surface area contributed by atoms with E-state index in [0.29, 0.717) is 6.42 Å². The number of carbonyl (C=O) groups is 1. The third-order valence-electron chi connectivity index (χ3n) is 4.14. The Balaban J connectivity index is 1.67. The molecular weight excluding hydrogens is 262 g/mol. The number of rotatable bonds is 6. The van der Waals surface area contributed by atoms with Crippen molar-refractivity contribution in [1.29, 1.82) is 0 Å². The van der Waals surface area contributed by atoms with E-state index in [4.69, 9.17) is 0 Å². The first-order chi connectivity index (χ1) is 10.1. The molecule has 1 saturated heterocycles. The number of likely N-dealkylation sites (tertiary alicyclic amines) is 1. The van der Waals surface area contributed by atoms with Gasteiger partial charge in [-0.15, -0.1) is 0 Å². The van der Waals surface area contributed by atoms with E-state index in [9.17, 15) is 4.79 Å². The van der Waals surface area contributed by atoms with Crippen LogP contribution in [0.4, 0.5) is 0 Å². The van der Waals surface area contributed by atoms with Gasteiger partial charge in [0.25, 0.3) is 0 Å². The van der Waals surface area contributed by atoms with Crippen molar-refractivity contribution in [2.75, 3.05) is 19.6 Å². The minimum Gasteiger partial charge on any atom is -0.350 e. The Hall–Kier alpha value is -1.42. The first kappa shape index (κ1) is 16.0. The lowest BCUT2D eigenvalue weighted by Gasteiger charge is -2.26. The molecule has 0 radical (unpaired) electrons. The molecule has 0 spiro atoms. The molecule has 1 amide bonds. The molecule has 1 atom stereocenters. The number of nitrogens with one attached hydrogen (secondary N) is 1. The number of carbonyl (C=O) groups excluding carboxylic acids is 1. The van der Waals surface area contributed by atoms with E-state index in [1.54, 1.807) is 0 Å². The molecule has 0 bridgehead atoms. The summed E-state index contributed by atoms with van der Waals surface area (Å²) in [4.78, 5) is 18.7. The van der Waals surface area contributed by atoms with Crippen LogP contribution >= 0.6 is 0 Å². The maximum absolute atomic E-state index is 12.0. The van der Waals surface area contributed by atoms with Gasteiger partial charge in [-0.3, -0.25) is 9.78 Å². The minimum atomic E-state index is 0.0283. The molecule has 1 aliphatic rings. The van der Waals surface area contributed by atoms with Crippen LogP contribution in [-0.4, -0.2) is 35.4 Å². The predicted molar refractivity (Wildman–Crippen MR) is 85.1 cm³/mol. The normalized spacial score (nSPS) is 17.4. The van der Waals surface area contributed by atoms with Crippen molar-refractivity contribution in [1.82, 2.24) is 15.2 Å². The van der Waals surface area contributed by atoms with Crippen LogP contribution in [0.2, 0.25) is 0 Å². The zero-order valence-corrected chi connectivity index (χ0v) is 13.3. The van der Waals surface area contributed by atoms with Gasteiger partial charge >= 0.3 is 0 Å². The monoisotopic (exact) mass is 289 g/mol. The fourth-order valence-corrected chi connectivity index (χ4v) is 2.78. The fourth-order valence-electron chi connectivity index (χ4n) is 2.78. The van der Waals surface area contributed by atoms with Crippen molar-refractivity contribution in [2.24, 2.45) is 0 Å². The van der Waals surface area contributed by atoms with Crippen molar-refractivity contribution >= 4 is 5.91 Å². The summed E-state index contributed by atoms with van der Waals surface area (Å²) < 4.78 is 0. The van der Waals surface area contributed by atoms with Gasteiger partial charge in [-0.1, -0.05) is 12.5 Å². The van der Waals surface area contributed by atoms with Crippen molar-refractivity contribution in [3.63, 3.8) is 0 Å². The van der Waals surface area contributed by atoms with Crippen molar-refractivity contribution in [3.8, 4) is 0 Å². The van der Waals surface area contributed by atoms with Gasteiger partial charge in [0.15, 0.2) is 0 Å². The average molecular weight is 289 g/mol. The third-order valence-corrected chi connectivity index (χ3v) is 4.14. The first-order valence-corrected chi connectivity index (χ1v) is 8.09. The number of pyridine rings is 1. The molecule has 4 nitrogen and oxygen atoms in total. The summed E-state index contributed by atoms with van der Waals surface area (Å²) in [6.07, 6.45) is 7.38. The quantitative estimate of drug-likeness (QED) is 0.876. The van der Waals surface area contributed by atoms with Gasteiger partial charge in [-0.05, 0) is 64.4 Å². The molecule has 116 valence electrons. The van der Waals surface area contributed by atoms with Gasteiger partial charge in [0.2, 0.25) is 5.91 Å². The molecule has 21 heavy (non-hydrogen) atoms. The Morgan fingerprint density at radius 2 is 2.10 bits per heavy atom. The molecule has 1 aromatic rings. The second-order valence-electron chi connectivity index (χ2n) is 6.03. The molecule has 2 heterocycles. The van der Waals surface area contributed by atoms with E-state index in [0.717, 1.165) is 24.2 Å². The number of nitrogens with zero attached hydrogens (tertiary/aromatic N) is 2. The SMILES string of the molecule is Cc1ccc([C@@H](C)NC(=O)CCCN2CCCCC2)cn1. The Bertz CT molecular complexity index is 438. The highest BCUT2D eigenvalue weighted by Gasteiger charge is 2.12. The fraction of sp³-hybridized carbons (Fsp3) is 0.647. The molecule has 4 heteroatoms. The number of amides is 1. The Labute approximate surface area is 127 Å². The lowest BCUT2D eigenvalue weighted by atomic mass is 10.1. The highest BCUT2D eigenvalue weighted by molar-refractivity contribution is 5.76. The van der Waals surface area contributed by atoms with Crippen LogP contribution < -0.4 is 5.32 Å². The number of hydrogen-bond donors (Lipinski definition) is 1. The molecule has 1 aromatic heterocycles. The minimum absolute atomic E-state index is 0.0283. The molecule has 1 N–H and O–H groups in total. The lowest BCUT2D eigenvalue weighted by molar-refractivity contribution is -0.121. The molecule has 0 saturated carbocycles. The molecule has 0 unspecified atom stereocenters. The zero-order chi connectivity index (χ0) is 15.1. The molecule has 2 rings (SSSR count). The summed E-state index contributed by atoms with van der Waals surface area (Å²) in [6.45, 7) is 7.43. The lowest BCUT2D eigenvalue weighted by Crippen LogP contribution is -2.32. The smallest absolute Gasteiger partial charge is 0.220 e. The van der Waals surface area contributed by atoms with Gasteiger partial charge in [-0.25, -0.2) is 0 Å². The number of piperidine rings is 1. The summed E-state index contributed by atoms with van der Waals surface area (Å²) >= 11 is 0. The summed E-state index contributed by atoms with van der Waals surface area (Å²) in [5.74, 6) is 0.139. The maximum Gasteiger partial charge on any atom is 0.220 e. The van der Waals surface area contributed by atoms with Crippen LogP contribution in [0.25, 0.3) is 0 Å². The van der Waals surface area contributed by atoms with Crippen molar-refractivity contribution in [3.05, 3.63) is 29.6 Å². The van der Waals surface area contributed by atoms with Crippen molar-refractivity contribution < 1.29 is 4.79 Å². The topological polar surface area (TPSA) is 45.2 Å². The van der Waals surface area contributed by atoms with Crippen LogP contribution in [0.5, 0.6) is 0 Å². The zero-order valence-electron chi connectivity index (χ0n) is 13.3. The highest BCUT2D eigenvalue weighted by Crippen LogP contribution is 2.12. The molecule has 1 fully saturated rings. The number of aromatic nitrogens is 1. The van der Waals surface area contributed by atoms with E-state index >= 15 is 0 Å². The second-order valence-corrected chi connectivity index (χ2v) is 6.03. The Morgan fingerprint density at radius 3 is 2.76 bits per heavy atom. The van der Waals surface area contributed by atoms with Gasteiger partial charge in [-0.2, -0.15) is 0 Å². The van der Waals surface area contributed by atoms with Crippen molar-refractivity contribution in [2.45, 2.75) is 52.0 Å². The van der Waals surface area contributed by atoms with Gasteiger partial charge < -0.3 is 10.2 Å². The van der Waals surface area contributed by atoms with Crippen LogP contribution in [0.15, 0.2) is 18.3 Å². The second kappa shape index (κ2) is 8.13. The van der Waals surface area contributed by atoms with Crippen LogP contribution in [0.3, 0.4) is 0 Å². The van der Waals surface area contributed by atoms with E-state index in [1.807, 2.05) is 32.2 Å². The predicted octanol–water partition coefficient (Wildman–Crippen LogP) is 2.83. The first-order valence-electron chi connectivity index (χ1n) is 8.09. The average Bonchev–Trinajstić information content (AvgIpc) is 2.49. The van der Waals surface area contributed by atoms with Crippen LogP contribution in [0, 0.1) is 6.92 Å². The summed E-state index contributed by atoms with van der Waals surface area (Å²) in [7, 11) is 0. The molecular formula is C17H27N3O. The van der Waals surface area contributed by atoms with E-state index < -0.39 is 0 Å². The standard InChI is InChI=1S/C17H27N3O/c1-14-8-9-16(13-18-14)15(2)19-17(21)7-6-12-20-10-4-3-5-11-20/h8-9,13,15H,3-7,10-12H2,1-2H3,(H,19,21)/t15-/m1/s1. The summed E-state index contributed by atoms with van der Waals surface area (Å²) in [6, 6.07) is 4.04. The van der Waals surface area contributed by atoms with Crippen LogP contribution in [-0.2, 0) is 4.79 Å². The Kier molecular flexibility index (Phi) is 6.18. The van der Waals surface area contributed by atoms with Gasteiger partial charge in [0.1, 0.15) is 0 Å². The van der Waals surface area contributed by atoms with E-state index in [-0.39, 0.29) is 11.9 Å². The molecule has 0 aliphatic carbocycles. The largest absolute Gasteiger partial charge is 0.350 e. The van der Waals surface area contributed by atoms with Gasteiger partial charge in [0.05, 0.1) is 6.04 Å². The van der Waals surface area contributed by atoms with Crippen LogP contribution in [0.1, 0.15) is 56.3 Å². The molecule has 1 aliphatic heterocycles. The van der Waals surface area contributed by atoms with Gasteiger partial charge in [0, 0.05) is 18.3 Å². The maximum atomic E-state index is 12.0. The Morgan fingerprint density at radius 1 is 1.33 bits per heavy atom. The summed E-state index contributed by atoms with van der Waals surface area (Å²) in [5, 5.41) is 3.06. The highest BCUT2D eigenvalue weighted by atomic mass is 16.1. The number of aryl methyl sites for hydroxylation is 1. The van der Waals surface area contributed by atoms with E-state index in [2.05, 4.69) is 15.2 Å². The third kappa shape index (κ3) is 5.46. The summed E-state index contributed by atoms with van der Waals surface area (Å²) in [5.41, 5.74) is 2.06.